The number of H-pyrrole nitrogens is 1. The highest BCUT2D eigenvalue weighted by molar-refractivity contribution is 6.10. The number of aromatic nitrogens is 2. The van der Waals surface area contributed by atoms with Crippen LogP contribution >= 0.6 is 0 Å². The van der Waals surface area contributed by atoms with Gasteiger partial charge in [0.2, 0.25) is 0 Å². The highest BCUT2D eigenvalue weighted by atomic mass is 16.4. The third-order valence-corrected chi connectivity index (χ3v) is 4.90. The van der Waals surface area contributed by atoms with Crippen LogP contribution in [0.4, 0.5) is 0 Å². The summed E-state index contributed by atoms with van der Waals surface area (Å²) in [6, 6.07) is -1.02. The zero-order chi connectivity index (χ0) is 17.7. The van der Waals surface area contributed by atoms with Crippen LogP contribution in [0.3, 0.4) is 0 Å². The van der Waals surface area contributed by atoms with Crippen LogP contribution in [0.15, 0.2) is 10.7 Å². The predicted molar refractivity (Wildman–Crippen MR) is 84.3 cm³/mol. The van der Waals surface area contributed by atoms with Crippen molar-refractivity contribution in [3.8, 4) is 0 Å². The number of amides is 1. The fourth-order valence-electron chi connectivity index (χ4n) is 3.68. The van der Waals surface area contributed by atoms with Gasteiger partial charge in [0.05, 0.1) is 35.4 Å². The van der Waals surface area contributed by atoms with Crippen molar-refractivity contribution >= 4 is 17.7 Å². The molecular weight excluding hydrogens is 326 g/mol. The first-order chi connectivity index (χ1) is 12.0. The Morgan fingerprint density at radius 2 is 2.20 bits per heavy atom. The van der Waals surface area contributed by atoms with Crippen molar-refractivity contribution in [3.63, 3.8) is 0 Å². The Bertz CT molecular complexity index is 894. The van der Waals surface area contributed by atoms with E-state index in [9.17, 15) is 19.5 Å². The lowest BCUT2D eigenvalue weighted by Crippen LogP contribution is -2.49. The third kappa shape index (κ3) is 2.36. The maximum Gasteiger partial charge on any atom is 0.326 e. The van der Waals surface area contributed by atoms with Crippen molar-refractivity contribution in [2.45, 2.75) is 45.2 Å². The zero-order valence-electron chi connectivity index (χ0n) is 13.7. The van der Waals surface area contributed by atoms with E-state index in [4.69, 9.17) is 4.42 Å². The number of fused-ring (bicyclic) bond motifs is 2. The van der Waals surface area contributed by atoms with E-state index in [0.29, 0.717) is 47.7 Å². The van der Waals surface area contributed by atoms with Gasteiger partial charge in [-0.3, -0.25) is 9.59 Å². The molecule has 130 valence electrons. The first-order valence-corrected chi connectivity index (χ1v) is 8.17. The van der Waals surface area contributed by atoms with Crippen molar-refractivity contribution < 1.29 is 23.9 Å². The van der Waals surface area contributed by atoms with Crippen LogP contribution in [0, 0.1) is 6.92 Å². The first-order valence-electron chi connectivity index (χ1n) is 8.17. The number of aliphatic carboxylic acids is 1. The van der Waals surface area contributed by atoms with Gasteiger partial charge in [-0.2, -0.15) is 0 Å². The minimum atomic E-state index is -1.09. The molecule has 1 unspecified atom stereocenters. The van der Waals surface area contributed by atoms with Gasteiger partial charge in [0, 0.05) is 19.3 Å². The van der Waals surface area contributed by atoms with Crippen molar-refractivity contribution in [1.29, 1.82) is 0 Å². The van der Waals surface area contributed by atoms with Crippen LogP contribution in [0.25, 0.3) is 0 Å². The number of rotatable bonds is 2. The minimum Gasteiger partial charge on any atom is -0.480 e. The number of carboxylic acids is 1. The SMILES string of the molecule is Cc1oc2c(c1C(=O)N1Cc3[nH]cnc3CC1C(=O)O)C(=O)CCC2. The number of carbonyl (C=O) groups excluding carboxylic acids is 2. The second-order valence-electron chi connectivity index (χ2n) is 6.43. The summed E-state index contributed by atoms with van der Waals surface area (Å²) in [7, 11) is 0. The first kappa shape index (κ1) is 15.6. The number of carbonyl (C=O) groups is 3. The molecule has 1 aliphatic heterocycles. The average molecular weight is 343 g/mol. The summed E-state index contributed by atoms with van der Waals surface area (Å²) >= 11 is 0. The van der Waals surface area contributed by atoms with E-state index < -0.39 is 17.9 Å². The minimum absolute atomic E-state index is 0.110. The highest BCUT2D eigenvalue weighted by Crippen LogP contribution is 2.32. The van der Waals surface area contributed by atoms with Crippen LogP contribution in [-0.2, 0) is 24.2 Å². The van der Waals surface area contributed by atoms with E-state index in [1.807, 2.05) is 0 Å². The molecule has 0 aromatic carbocycles. The standard InChI is InChI=1S/C17H17N3O5/c1-8-14(15-12(21)3-2-4-13(15)25-8)16(22)20-6-10-9(18-7-19-10)5-11(20)17(23)24/h7,11H,2-6H2,1H3,(H,18,19)(H,23,24). The smallest absolute Gasteiger partial charge is 0.326 e. The fraction of sp³-hybridized carbons (Fsp3) is 0.412. The van der Waals surface area contributed by atoms with E-state index in [-0.39, 0.29) is 24.3 Å². The zero-order valence-corrected chi connectivity index (χ0v) is 13.7. The van der Waals surface area contributed by atoms with Crippen molar-refractivity contribution in [1.82, 2.24) is 14.9 Å². The van der Waals surface area contributed by atoms with Gasteiger partial charge in [-0.15, -0.1) is 0 Å². The molecule has 2 N–H and O–H groups in total. The number of carboxylic acid groups (broad SMARTS) is 1. The molecular formula is C17H17N3O5. The van der Waals surface area contributed by atoms with Gasteiger partial charge in [0.15, 0.2) is 5.78 Å². The molecule has 0 bridgehead atoms. The van der Waals surface area contributed by atoms with Crippen LogP contribution < -0.4 is 0 Å². The normalized spacial score (nSPS) is 19.5. The number of nitrogens with one attached hydrogen (secondary N) is 1. The number of furan rings is 1. The number of Topliss-reactive ketones (excluding diaryl/α,β-unsaturated/α-hetero) is 1. The van der Waals surface area contributed by atoms with Gasteiger partial charge in [-0.25, -0.2) is 9.78 Å². The fourth-order valence-corrected chi connectivity index (χ4v) is 3.68. The van der Waals surface area contributed by atoms with Crippen LogP contribution in [0.5, 0.6) is 0 Å². The van der Waals surface area contributed by atoms with Gasteiger partial charge < -0.3 is 19.4 Å². The number of hydrogen-bond acceptors (Lipinski definition) is 5. The number of nitrogens with zero attached hydrogens (tertiary/aromatic N) is 2. The number of ketones is 1. The maximum atomic E-state index is 13.2. The summed E-state index contributed by atoms with van der Waals surface area (Å²) in [5, 5.41) is 9.56. The van der Waals surface area contributed by atoms with Crippen molar-refractivity contribution in [3.05, 3.63) is 40.4 Å². The molecule has 4 rings (SSSR count). The molecule has 8 nitrogen and oxygen atoms in total. The van der Waals surface area contributed by atoms with Gasteiger partial charge in [-0.05, 0) is 13.3 Å². The number of hydrogen-bond donors (Lipinski definition) is 2. The molecule has 0 spiro atoms. The molecule has 1 atom stereocenters. The van der Waals surface area contributed by atoms with E-state index >= 15 is 0 Å². The number of aryl methyl sites for hydroxylation is 2. The summed E-state index contributed by atoms with van der Waals surface area (Å²) in [4.78, 5) is 45.5. The molecule has 8 heteroatoms. The molecule has 2 aliphatic rings. The quantitative estimate of drug-likeness (QED) is 0.853. The highest BCUT2D eigenvalue weighted by Gasteiger charge is 2.40. The van der Waals surface area contributed by atoms with E-state index in [2.05, 4.69) is 9.97 Å². The molecule has 3 heterocycles. The second-order valence-corrected chi connectivity index (χ2v) is 6.43. The maximum absolute atomic E-state index is 13.2. The van der Waals surface area contributed by atoms with Crippen LogP contribution in [0.1, 0.15) is 56.5 Å². The van der Waals surface area contributed by atoms with Gasteiger partial charge in [0.25, 0.3) is 5.91 Å². The Hall–Kier alpha value is -2.90. The van der Waals surface area contributed by atoms with E-state index in [0.717, 1.165) is 0 Å². The summed E-state index contributed by atoms with van der Waals surface area (Å²) in [5.41, 5.74) is 1.90. The lowest BCUT2D eigenvalue weighted by atomic mass is 9.92. The van der Waals surface area contributed by atoms with Crippen LogP contribution in [-0.4, -0.2) is 43.7 Å². The molecule has 25 heavy (non-hydrogen) atoms. The van der Waals surface area contributed by atoms with Crippen molar-refractivity contribution in [2.24, 2.45) is 0 Å². The average Bonchev–Trinajstić information content (AvgIpc) is 3.16. The molecule has 0 radical (unpaired) electrons. The van der Waals surface area contributed by atoms with E-state index in [1.54, 1.807) is 6.92 Å². The Kier molecular flexibility index (Phi) is 3.48. The second kappa shape index (κ2) is 5.58. The molecule has 1 amide bonds. The van der Waals surface area contributed by atoms with Gasteiger partial charge >= 0.3 is 5.97 Å². The Balaban J connectivity index is 1.77. The Labute approximate surface area is 142 Å². The van der Waals surface area contributed by atoms with Crippen molar-refractivity contribution in [2.75, 3.05) is 0 Å². The van der Waals surface area contributed by atoms with Crippen LogP contribution in [0.2, 0.25) is 0 Å². The molecule has 2 aromatic heterocycles. The molecule has 1 aliphatic carbocycles. The van der Waals surface area contributed by atoms with Gasteiger partial charge in [-0.1, -0.05) is 0 Å². The summed E-state index contributed by atoms with van der Waals surface area (Å²) in [6.45, 7) is 1.75. The molecule has 0 saturated carbocycles. The Morgan fingerprint density at radius 1 is 1.40 bits per heavy atom. The topological polar surface area (TPSA) is 116 Å². The molecule has 0 saturated heterocycles. The summed E-state index contributed by atoms with van der Waals surface area (Å²) in [5.74, 6) is -0.797. The molecule has 0 fully saturated rings. The number of aromatic amines is 1. The van der Waals surface area contributed by atoms with Gasteiger partial charge in [0.1, 0.15) is 17.6 Å². The largest absolute Gasteiger partial charge is 0.480 e. The summed E-state index contributed by atoms with van der Waals surface area (Å²) < 4.78 is 5.63. The van der Waals surface area contributed by atoms with E-state index in [1.165, 1.54) is 11.2 Å². The summed E-state index contributed by atoms with van der Waals surface area (Å²) in [6.07, 6.45) is 3.31. The Morgan fingerprint density at radius 3 is 2.96 bits per heavy atom. The number of imidazole rings is 1. The lowest BCUT2D eigenvalue weighted by Gasteiger charge is -2.32. The lowest BCUT2D eigenvalue weighted by molar-refractivity contribution is -0.142. The monoisotopic (exact) mass is 343 g/mol. The third-order valence-electron chi connectivity index (χ3n) is 4.90. The molecule has 2 aromatic rings. The predicted octanol–water partition coefficient (Wildman–Crippen LogP) is 1.48.